The van der Waals surface area contributed by atoms with Crippen molar-refractivity contribution in [3.63, 3.8) is 0 Å². The normalized spacial score (nSPS) is 19.8. The molecule has 0 amide bonds. The standard InChI is InChI=1S/C21H30O3/c1-3-4-5-6-7-8-9-10-11-12-13-14-16-19-20(24-19)17-15-18-21(22)23-2/h10-14,16,19-20H,3-6,9,15,17-18H2,1-2H3/b11-10-,13-12+,16-14+/t19-,20-/m0/s1. The van der Waals surface area contributed by atoms with Gasteiger partial charge in [0.05, 0.1) is 13.2 Å². The second kappa shape index (κ2) is 13.6. The predicted octanol–water partition coefficient (Wildman–Crippen LogP) is 4.74. The lowest BCUT2D eigenvalue weighted by Crippen LogP contribution is -2.01. The number of epoxide rings is 1. The van der Waals surface area contributed by atoms with E-state index in [0.29, 0.717) is 6.42 Å². The van der Waals surface area contributed by atoms with E-state index in [1.165, 1.54) is 26.4 Å². The van der Waals surface area contributed by atoms with E-state index in [4.69, 9.17) is 4.74 Å². The van der Waals surface area contributed by atoms with Gasteiger partial charge in [-0.3, -0.25) is 4.79 Å². The van der Waals surface area contributed by atoms with Crippen LogP contribution in [-0.2, 0) is 14.3 Å². The molecule has 1 rings (SSSR count). The van der Waals surface area contributed by atoms with Crippen LogP contribution in [0.25, 0.3) is 0 Å². The lowest BCUT2D eigenvalue weighted by atomic mass is 10.1. The van der Waals surface area contributed by atoms with Crippen LogP contribution in [-0.4, -0.2) is 25.3 Å². The highest BCUT2D eigenvalue weighted by Crippen LogP contribution is 2.28. The summed E-state index contributed by atoms with van der Waals surface area (Å²) in [6.07, 6.45) is 20.4. The van der Waals surface area contributed by atoms with Crippen molar-refractivity contribution >= 4 is 5.97 Å². The number of methoxy groups -OCH3 is 1. The van der Waals surface area contributed by atoms with Crippen molar-refractivity contribution in [2.45, 2.75) is 70.5 Å². The summed E-state index contributed by atoms with van der Waals surface area (Å²) >= 11 is 0. The average Bonchev–Trinajstić information content (AvgIpc) is 3.34. The molecule has 0 N–H and O–H groups in total. The number of carbonyl (C=O) groups is 1. The Kier molecular flexibility index (Phi) is 11.5. The second-order valence-electron chi connectivity index (χ2n) is 5.82. The van der Waals surface area contributed by atoms with Gasteiger partial charge in [-0.25, -0.2) is 0 Å². The molecule has 0 aliphatic carbocycles. The summed E-state index contributed by atoms with van der Waals surface area (Å²) < 4.78 is 10.1. The van der Waals surface area contributed by atoms with Crippen LogP contribution in [0.4, 0.5) is 0 Å². The minimum absolute atomic E-state index is 0.150. The Morgan fingerprint density at radius 3 is 2.75 bits per heavy atom. The maximum Gasteiger partial charge on any atom is 0.305 e. The Hall–Kier alpha value is -1.79. The van der Waals surface area contributed by atoms with Crippen molar-refractivity contribution < 1.29 is 14.3 Å². The molecule has 132 valence electrons. The predicted molar refractivity (Wildman–Crippen MR) is 98.5 cm³/mol. The van der Waals surface area contributed by atoms with E-state index in [1.807, 2.05) is 24.3 Å². The van der Waals surface area contributed by atoms with E-state index in [-0.39, 0.29) is 18.2 Å². The van der Waals surface area contributed by atoms with Crippen LogP contribution < -0.4 is 0 Å². The van der Waals surface area contributed by atoms with Crippen LogP contribution in [0.15, 0.2) is 36.5 Å². The fraction of sp³-hybridized carbons (Fsp3) is 0.571. The molecule has 24 heavy (non-hydrogen) atoms. The van der Waals surface area contributed by atoms with Crippen molar-refractivity contribution in [1.29, 1.82) is 0 Å². The number of hydrogen-bond donors (Lipinski definition) is 0. The van der Waals surface area contributed by atoms with Gasteiger partial charge in [-0.1, -0.05) is 62.1 Å². The van der Waals surface area contributed by atoms with E-state index < -0.39 is 0 Å². The number of rotatable bonds is 11. The Labute approximate surface area is 146 Å². The van der Waals surface area contributed by atoms with E-state index in [1.54, 1.807) is 0 Å². The van der Waals surface area contributed by atoms with Gasteiger partial charge < -0.3 is 9.47 Å². The molecular weight excluding hydrogens is 300 g/mol. The molecular formula is C21H30O3. The van der Waals surface area contributed by atoms with Crippen molar-refractivity contribution in [2.24, 2.45) is 0 Å². The SMILES string of the molecule is CCCCCC#CC\C=C/C=C/C=C/[C@@H]1O[C@H]1CCCC(=O)OC. The molecule has 0 aromatic rings. The first-order valence-corrected chi connectivity index (χ1v) is 8.96. The van der Waals surface area contributed by atoms with Gasteiger partial charge in [0.1, 0.15) is 6.10 Å². The number of hydrogen-bond acceptors (Lipinski definition) is 3. The Morgan fingerprint density at radius 1 is 1.12 bits per heavy atom. The summed E-state index contributed by atoms with van der Waals surface area (Å²) in [5.41, 5.74) is 0. The third-order valence-corrected chi connectivity index (χ3v) is 3.74. The first-order valence-electron chi connectivity index (χ1n) is 8.96. The molecule has 1 heterocycles. The van der Waals surface area contributed by atoms with Crippen molar-refractivity contribution in [1.82, 2.24) is 0 Å². The van der Waals surface area contributed by atoms with Gasteiger partial charge in [0.2, 0.25) is 0 Å². The Morgan fingerprint density at radius 2 is 1.96 bits per heavy atom. The molecule has 1 aliphatic heterocycles. The second-order valence-corrected chi connectivity index (χ2v) is 5.82. The maximum absolute atomic E-state index is 11.0. The lowest BCUT2D eigenvalue weighted by Gasteiger charge is -1.96. The third-order valence-electron chi connectivity index (χ3n) is 3.74. The van der Waals surface area contributed by atoms with Gasteiger partial charge in [0.15, 0.2) is 0 Å². The zero-order valence-corrected chi connectivity index (χ0v) is 15.0. The summed E-state index contributed by atoms with van der Waals surface area (Å²) in [5.74, 6) is 6.20. The van der Waals surface area contributed by atoms with E-state index in [0.717, 1.165) is 25.7 Å². The number of unbranched alkanes of at least 4 members (excludes halogenated alkanes) is 3. The highest BCUT2D eigenvalue weighted by Gasteiger charge is 2.35. The van der Waals surface area contributed by atoms with Crippen LogP contribution in [0, 0.1) is 11.8 Å². The molecule has 3 nitrogen and oxygen atoms in total. The highest BCUT2D eigenvalue weighted by atomic mass is 16.6. The van der Waals surface area contributed by atoms with E-state index in [2.05, 4.69) is 35.7 Å². The minimum atomic E-state index is -0.150. The van der Waals surface area contributed by atoms with Crippen molar-refractivity contribution in [2.75, 3.05) is 7.11 Å². The minimum Gasteiger partial charge on any atom is -0.469 e. The molecule has 2 atom stereocenters. The van der Waals surface area contributed by atoms with E-state index >= 15 is 0 Å². The smallest absolute Gasteiger partial charge is 0.305 e. The molecule has 0 bridgehead atoms. The average molecular weight is 330 g/mol. The fourth-order valence-corrected chi connectivity index (χ4v) is 2.24. The van der Waals surface area contributed by atoms with Gasteiger partial charge in [-0.2, -0.15) is 0 Å². The van der Waals surface area contributed by atoms with Crippen LogP contribution in [0.5, 0.6) is 0 Å². The summed E-state index contributed by atoms with van der Waals surface area (Å²) in [5, 5.41) is 0. The van der Waals surface area contributed by atoms with Gasteiger partial charge in [-0.05, 0) is 19.3 Å². The maximum atomic E-state index is 11.0. The summed E-state index contributed by atoms with van der Waals surface area (Å²) in [6.45, 7) is 2.21. The Balaban J connectivity index is 2.02. The molecule has 0 spiro atoms. The quantitative estimate of drug-likeness (QED) is 0.181. The highest BCUT2D eigenvalue weighted by molar-refractivity contribution is 5.68. The number of carbonyl (C=O) groups excluding carboxylic acids is 1. The van der Waals surface area contributed by atoms with Crippen LogP contribution >= 0.6 is 0 Å². The largest absolute Gasteiger partial charge is 0.469 e. The van der Waals surface area contributed by atoms with Gasteiger partial charge in [-0.15, -0.1) is 5.92 Å². The molecule has 0 aromatic heterocycles. The fourth-order valence-electron chi connectivity index (χ4n) is 2.24. The third kappa shape index (κ3) is 10.9. The van der Waals surface area contributed by atoms with Gasteiger partial charge in [0.25, 0.3) is 0 Å². The summed E-state index contributed by atoms with van der Waals surface area (Å²) in [4.78, 5) is 11.0. The zero-order valence-electron chi connectivity index (χ0n) is 15.0. The van der Waals surface area contributed by atoms with Crippen LogP contribution in [0.1, 0.15) is 58.3 Å². The topological polar surface area (TPSA) is 38.8 Å². The monoisotopic (exact) mass is 330 g/mol. The van der Waals surface area contributed by atoms with E-state index in [9.17, 15) is 4.79 Å². The number of allylic oxidation sites excluding steroid dienone is 5. The van der Waals surface area contributed by atoms with Crippen LogP contribution in [0.3, 0.4) is 0 Å². The van der Waals surface area contributed by atoms with Gasteiger partial charge >= 0.3 is 5.97 Å². The molecule has 1 saturated heterocycles. The zero-order chi connectivity index (χ0) is 17.5. The van der Waals surface area contributed by atoms with Crippen molar-refractivity contribution in [3.05, 3.63) is 36.5 Å². The molecule has 1 fully saturated rings. The molecule has 0 saturated carbocycles. The molecule has 0 unspecified atom stereocenters. The molecule has 0 radical (unpaired) electrons. The summed E-state index contributed by atoms with van der Waals surface area (Å²) in [7, 11) is 1.42. The summed E-state index contributed by atoms with van der Waals surface area (Å²) in [6, 6.07) is 0. The van der Waals surface area contributed by atoms with Crippen molar-refractivity contribution in [3.8, 4) is 11.8 Å². The lowest BCUT2D eigenvalue weighted by molar-refractivity contribution is -0.140. The number of ether oxygens (including phenoxy) is 2. The molecule has 0 aromatic carbocycles. The Bertz CT molecular complexity index is 491. The molecule has 3 heteroatoms. The molecule has 1 aliphatic rings. The van der Waals surface area contributed by atoms with Crippen LogP contribution in [0.2, 0.25) is 0 Å². The number of esters is 1. The van der Waals surface area contributed by atoms with Gasteiger partial charge in [0, 0.05) is 19.3 Å². The first-order chi connectivity index (χ1) is 11.8. The first kappa shape index (κ1) is 20.3.